The maximum absolute atomic E-state index is 12.8. The number of rotatable bonds is 0. The van der Waals surface area contributed by atoms with Crippen LogP contribution in [-0.4, -0.2) is 18.9 Å². The molecule has 0 fully saturated rings. The Morgan fingerprint density at radius 3 is 3.00 bits per heavy atom. The molecule has 2 nitrogen and oxygen atoms in total. The van der Waals surface area contributed by atoms with E-state index in [1.54, 1.807) is 6.92 Å². The Morgan fingerprint density at radius 1 is 1.50 bits per heavy atom. The van der Waals surface area contributed by atoms with Crippen LogP contribution < -0.4 is 5.32 Å². The Bertz CT molecular complexity index is 243. The van der Waals surface area contributed by atoms with Gasteiger partial charge in [0.25, 0.3) is 0 Å². The van der Waals surface area contributed by atoms with Crippen LogP contribution in [0.5, 0.6) is 0 Å². The van der Waals surface area contributed by atoms with E-state index >= 15 is 0 Å². The van der Waals surface area contributed by atoms with Crippen molar-refractivity contribution in [2.24, 2.45) is 4.99 Å². The van der Waals surface area contributed by atoms with Gasteiger partial charge in [0.05, 0.1) is 12.9 Å². The summed E-state index contributed by atoms with van der Waals surface area (Å²) in [5, 5.41) is 2.77. The molecule has 0 saturated carbocycles. The zero-order valence-electron chi connectivity index (χ0n) is 6.72. The molecule has 0 aromatic rings. The molecule has 0 bridgehead atoms. The van der Waals surface area contributed by atoms with Crippen LogP contribution in [0.15, 0.2) is 28.8 Å². The average Bonchev–Trinajstić information content (AvgIpc) is 2.07. The molecule has 1 aliphatic heterocycles. The Hall–Kier alpha value is -1.19. The van der Waals surface area contributed by atoms with E-state index in [0.29, 0.717) is 0 Å². The molecule has 1 rings (SSSR count). The number of nitrogens with zero attached hydrogens (tertiary/aromatic N) is 1. The van der Waals surface area contributed by atoms with Crippen LogP contribution in [0.25, 0.3) is 0 Å². The molecule has 1 atom stereocenters. The Labute approximate surface area is 69.7 Å². The highest BCUT2D eigenvalue weighted by molar-refractivity contribution is 5.55. The lowest BCUT2D eigenvalue weighted by atomic mass is 10.3. The quantitative estimate of drug-likeness (QED) is 0.591. The van der Waals surface area contributed by atoms with E-state index in [1.165, 1.54) is 12.4 Å². The van der Waals surface area contributed by atoms with Gasteiger partial charge in [-0.15, -0.1) is 0 Å². The first-order valence-corrected chi connectivity index (χ1v) is 3.68. The second-order valence-electron chi connectivity index (χ2n) is 2.52. The molecule has 66 valence electrons. The van der Waals surface area contributed by atoms with Gasteiger partial charge in [-0.2, -0.15) is 0 Å². The fourth-order valence-electron chi connectivity index (χ4n) is 0.801. The van der Waals surface area contributed by atoms with Crippen molar-refractivity contribution in [2.45, 2.75) is 13.0 Å². The van der Waals surface area contributed by atoms with Gasteiger partial charge in [0.2, 0.25) is 0 Å². The summed E-state index contributed by atoms with van der Waals surface area (Å²) in [6.45, 7) is 1.87. The van der Waals surface area contributed by atoms with Gasteiger partial charge in [-0.05, 0) is 19.1 Å². The summed E-state index contributed by atoms with van der Waals surface area (Å²) in [5.41, 5.74) is 0. The summed E-state index contributed by atoms with van der Waals surface area (Å²) >= 11 is 0. The number of aliphatic imine (C=N–C) groups is 1. The predicted octanol–water partition coefficient (Wildman–Crippen LogP) is 1.71. The summed E-state index contributed by atoms with van der Waals surface area (Å²) < 4.78 is 25.5. The van der Waals surface area contributed by atoms with Gasteiger partial charge in [-0.1, -0.05) is 0 Å². The Balaban J connectivity index is 2.82. The third-order valence-electron chi connectivity index (χ3n) is 1.43. The minimum Gasteiger partial charge on any atom is -0.370 e. The first-order valence-electron chi connectivity index (χ1n) is 3.68. The van der Waals surface area contributed by atoms with E-state index in [4.69, 9.17) is 0 Å². The highest BCUT2D eigenvalue weighted by Crippen LogP contribution is 2.13. The lowest BCUT2D eigenvalue weighted by Crippen LogP contribution is -2.22. The molecule has 1 heterocycles. The van der Waals surface area contributed by atoms with Crippen molar-refractivity contribution in [2.75, 3.05) is 6.54 Å². The summed E-state index contributed by atoms with van der Waals surface area (Å²) in [5.74, 6) is -1.68. The second-order valence-corrected chi connectivity index (χ2v) is 2.52. The third-order valence-corrected chi connectivity index (χ3v) is 1.43. The molecule has 0 aromatic heterocycles. The van der Waals surface area contributed by atoms with Crippen LogP contribution in [0.3, 0.4) is 0 Å². The molecule has 0 amide bonds. The molecule has 4 heteroatoms. The van der Waals surface area contributed by atoms with Gasteiger partial charge in [0.15, 0.2) is 11.7 Å². The zero-order chi connectivity index (χ0) is 8.97. The molecule has 0 spiro atoms. The number of hydrogen-bond donors (Lipinski definition) is 1. The normalized spacial score (nSPS) is 33.1. The minimum atomic E-state index is -0.845. The topological polar surface area (TPSA) is 24.4 Å². The standard InChI is InChI=1S/C8H10F2N2/c1-6-4-8(10)7(9)2-3-11-5-12-6/h2,4-6H,3H2,1H3,(H,11,12)/b7-2+,8-4+. The summed E-state index contributed by atoms with van der Waals surface area (Å²) in [6, 6.07) is -0.244. The summed E-state index contributed by atoms with van der Waals surface area (Å²) in [4.78, 5) is 3.77. The number of allylic oxidation sites excluding steroid dienone is 2. The first kappa shape index (κ1) is 8.90. The van der Waals surface area contributed by atoms with Crippen LogP contribution in [0.1, 0.15) is 6.92 Å². The van der Waals surface area contributed by atoms with E-state index in [2.05, 4.69) is 10.3 Å². The molecule has 12 heavy (non-hydrogen) atoms. The molecule has 0 saturated heterocycles. The molecular formula is C8H10F2N2. The van der Waals surface area contributed by atoms with Gasteiger partial charge in [0.1, 0.15) is 0 Å². The Morgan fingerprint density at radius 2 is 2.25 bits per heavy atom. The summed E-state index contributed by atoms with van der Waals surface area (Å²) in [6.07, 6.45) is 3.72. The molecule has 1 aliphatic rings. The van der Waals surface area contributed by atoms with Gasteiger partial charge >= 0.3 is 0 Å². The van der Waals surface area contributed by atoms with Gasteiger partial charge in [0, 0.05) is 6.04 Å². The SMILES string of the molecule is CC1/C=C(F)\C(F)=C/CN=CN1. The van der Waals surface area contributed by atoms with E-state index < -0.39 is 11.7 Å². The maximum atomic E-state index is 12.8. The van der Waals surface area contributed by atoms with Gasteiger partial charge in [-0.3, -0.25) is 4.99 Å². The Kier molecular flexibility index (Phi) is 2.96. The van der Waals surface area contributed by atoms with E-state index in [0.717, 1.165) is 6.08 Å². The van der Waals surface area contributed by atoms with Crippen LogP contribution in [0.2, 0.25) is 0 Å². The largest absolute Gasteiger partial charge is 0.370 e. The van der Waals surface area contributed by atoms with Crippen molar-refractivity contribution in [3.63, 3.8) is 0 Å². The van der Waals surface area contributed by atoms with Gasteiger partial charge < -0.3 is 5.32 Å². The first-order chi connectivity index (χ1) is 5.70. The second kappa shape index (κ2) is 3.99. The number of halogens is 2. The fourth-order valence-corrected chi connectivity index (χ4v) is 0.801. The van der Waals surface area contributed by atoms with E-state index in [1.807, 2.05) is 0 Å². The van der Waals surface area contributed by atoms with Crippen molar-refractivity contribution < 1.29 is 8.78 Å². The third kappa shape index (κ3) is 2.45. The molecular weight excluding hydrogens is 162 g/mol. The van der Waals surface area contributed by atoms with Crippen LogP contribution in [0, 0.1) is 0 Å². The zero-order valence-corrected chi connectivity index (χ0v) is 6.72. The number of nitrogens with one attached hydrogen (secondary N) is 1. The van der Waals surface area contributed by atoms with Crippen LogP contribution >= 0.6 is 0 Å². The average molecular weight is 172 g/mol. The summed E-state index contributed by atoms with van der Waals surface area (Å²) in [7, 11) is 0. The van der Waals surface area contributed by atoms with E-state index in [-0.39, 0.29) is 12.6 Å². The fraction of sp³-hybridized carbons (Fsp3) is 0.375. The monoisotopic (exact) mass is 172 g/mol. The number of hydrogen-bond acceptors (Lipinski definition) is 2. The van der Waals surface area contributed by atoms with E-state index in [9.17, 15) is 8.78 Å². The van der Waals surface area contributed by atoms with Crippen molar-refractivity contribution in [1.82, 2.24) is 5.32 Å². The van der Waals surface area contributed by atoms with Crippen molar-refractivity contribution in [3.05, 3.63) is 23.8 Å². The van der Waals surface area contributed by atoms with Crippen LogP contribution in [0.4, 0.5) is 8.78 Å². The highest BCUT2D eigenvalue weighted by atomic mass is 19.2. The molecule has 1 N–H and O–H groups in total. The van der Waals surface area contributed by atoms with Crippen molar-refractivity contribution >= 4 is 6.34 Å². The maximum Gasteiger partial charge on any atom is 0.156 e. The lowest BCUT2D eigenvalue weighted by molar-refractivity contribution is 0.536. The van der Waals surface area contributed by atoms with Crippen molar-refractivity contribution in [1.29, 1.82) is 0 Å². The predicted molar refractivity (Wildman–Crippen MR) is 44.3 cm³/mol. The molecule has 0 aromatic carbocycles. The lowest BCUT2D eigenvalue weighted by Gasteiger charge is -2.03. The molecule has 0 aliphatic carbocycles. The van der Waals surface area contributed by atoms with Crippen molar-refractivity contribution in [3.8, 4) is 0 Å². The van der Waals surface area contributed by atoms with Gasteiger partial charge in [-0.25, -0.2) is 8.78 Å². The smallest absolute Gasteiger partial charge is 0.156 e. The molecule has 0 radical (unpaired) electrons. The highest BCUT2D eigenvalue weighted by Gasteiger charge is 2.05. The molecule has 1 unspecified atom stereocenters. The minimum absolute atomic E-state index is 0.160. The van der Waals surface area contributed by atoms with Crippen LogP contribution in [-0.2, 0) is 0 Å².